The van der Waals surface area contributed by atoms with E-state index in [2.05, 4.69) is 115 Å². The molecule has 0 aliphatic carbocycles. The molecule has 3 heteroatoms. The van der Waals surface area contributed by atoms with Gasteiger partial charge >= 0.3 is 0 Å². The largest absolute Gasteiger partial charge is 0.107 e. The van der Waals surface area contributed by atoms with E-state index >= 15 is 0 Å². The third kappa shape index (κ3) is 8.67. The first-order valence-electron chi connectivity index (χ1n) is 13.1. The van der Waals surface area contributed by atoms with E-state index in [1.165, 1.54) is 62.7 Å². The molecule has 0 aromatic carbocycles. The Balaban J connectivity index is 4.70. The molecule has 0 unspecified atom stereocenters. The van der Waals surface area contributed by atoms with Crippen molar-refractivity contribution in [3.63, 3.8) is 0 Å². The summed E-state index contributed by atoms with van der Waals surface area (Å²) in [4.78, 5) is 0. The van der Waals surface area contributed by atoms with E-state index in [-0.39, 0.29) is 0 Å². The first-order valence-corrected chi connectivity index (χ1v) is 20.4. The summed E-state index contributed by atoms with van der Waals surface area (Å²) < 4.78 is 0. The van der Waals surface area contributed by atoms with Gasteiger partial charge in [-0.05, 0) is 22.2 Å². The molecule has 0 aromatic heterocycles. The van der Waals surface area contributed by atoms with Gasteiger partial charge < -0.3 is 0 Å². The molecule has 0 aliphatic heterocycles. The standard InChI is InChI=1S/C30H56Si3/c1-13-31(14-2,25-21-19-23-27-32(15-3,16-4)29(7,8)9)26-22-20-24-28-33(17-5,18-6)30(10,11)12/h13-18H,1-6,19-28H2,7-12H3. The van der Waals surface area contributed by atoms with E-state index in [1.807, 2.05) is 0 Å². The van der Waals surface area contributed by atoms with Crippen molar-refractivity contribution in [1.82, 2.24) is 0 Å². The molecule has 0 radical (unpaired) electrons. The van der Waals surface area contributed by atoms with Crippen molar-refractivity contribution >= 4 is 24.2 Å². The van der Waals surface area contributed by atoms with Crippen molar-refractivity contribution in [2.45, 2.75) is 114 Å². The van der Waals surface area contributed by atoms with Crippen LogP contribution in [0.1, 0.15) is 80.1 Å². The topological polar surface area (TPSA) is 0 Å². The zero-order valence-electron chi connectivity index (χ0n) is 23.3. The van der Waals surface area contributed by atoms with Crippen molar-refractivity contribution in [3.8, 4) is 0 Å². The lowest BCUT2D eigenvalue weighted by Crippen LogP contribution is -2.40. The van der Waals surface area contributed by atoms with E-state index in [1.54, 1.807) is 0 Å². The molecule has 0 aliphatic rings. The molecule has 0 atom stereocenters. The van der Waals surface area contributed by atoms with Gasteiger partial charge in [0.2, 0.25) is 0 Å². The van der Waals surface area contributed by atoms with E-state index in [4.69, 9.17) is 0 Å². The minimum atomic E-state index is -1.64. The fourth-order valence-corrected chi connectivity index (χ4v) is 15.1. The quantitative estimate of drug-likeness (QED) is 0.130. The Bertz CT molecular complexity index is 583. The van der Waals surface area contributed by atoms with Gasteiger partial charge in [-0.15, -0.1) is 39.5 Å². The molecule has 188 valence electrons. The molecule has 33 heavy (non-hydrogen) atoms. The van der Waals surface area contributed by atoms with Crippen molar-refractivity contribution in [1.29, 1.82) is 0 Å². The maximum atomic E-state index is 4.25. The van der Waals surface area contributed by atoms with Gasteiger partial charge in [0, 0.05) is 0 Å². The normalized spacial score (nSPS) is 13.3. The highest BCUT2D eigenvalue weighted by Gasteiger charge is 2.39. The van der Waals surface area contributed by atoms with E-state index < -0.39 is 24.2 Å². The SMILES string of the molecule is C=C[Si](C=C)(CCCCC[Si](C=C)(C=C)C(C)(C)C)CCCCC[Si](C=C)(C=C)C(C)(C)C. The number of unbranched alkanes of at least 4 members (excludes halogenated alkanes) is 4. The van der Waals surface area contributed by atoms with Crippen molar-refractivity contribution in [2.24, 2.45) is 0 Å². The molecule has 0 saturated carbocycles. The van der Waals surface area contributed by atoms with Crippen LogP contribution in [0, 0.1) is 0 Å². The molecule has 0 amide bonds. The minimum absolute atomic E-state index is 0.294. The summed E-state index contributed by atoms with van der Waals surface area (Å²) in [5.41, 5.74) is 13.6. The second-order valence-corrected chi connectivity index (χ2v) is 26.2. The summed E-state index contributed by atoms with van der Waals surface area (Å²) in [6, 6.07) is 5.14. The molecule has 0 N–H and O–H groups in total. The Morgan fingerprint density at radius 2 is 0.697 bits per heavy atom. The van der Waals surface area contributed by atoms with Gasteiger partial charge in [-0.2, -0.15) is 0 Å². The fraction of sp³-hybridized carbons (Fsp3) is 0.600. The van der Waals surface area contributed by atoms with Gasteiger partial charge in [-0.1, -0.05) is 126 Å². The fourth-order valence-electron chi connectivity index (χ4n) is 5.26. The average molecular weight is 501 g/mol. The van der Waals surface area contributed by atoms with Crippen LogP contribution in [-0.2, 0) is 0 Å². The van der Waals surface area contributed by atoms with Crippen LogP contribution in [0.2, 0.25) is 34.3 Å². The lowest BCUT2D eigenvalue weighted by molar-refractivity contribution is 0.691. The van der Waals surface area contributed by atoms with Crippen LogP contribution < -0.4 is 0 Å². The second-order valence-electron chi connectivity index (χ2n) is 12.2. The van der Waals surface area contributed by atoms with E-state index in [0.717, 1.165) is 0 Å². The number of hydrogen-bond donors (Lipinski definition) is 0. The smallest absolute Gasteiger partial charge is 0.106 e. The van der Waals surface area contributed by atoms with Crippen molar-refractivity contribution in [2.75, 3.05) is 0 Å². The summed E-state index contributed by atoms with van der Waals surface area (Å²) in [5, 5.41) is 0.587. The highest BCUT2D eigenvalue weighted by Crippen LogP contribution is 2.42. The average Bonchev–Trinajstić information content (AvgIpc) is 2.76. The third-order valence-corrected chi connectivity index (χ3v) is 23.6. The molecular weight excluding hydrogens is 445 g/mol. The van der Waals surface area contributed by atoms with Gasteiger partial charge in [0.15, 0.2) is 0 Å². The van der Waals surface area contributed by atoms with Crippen LogP contribution >= 0.6 is 0 Å². The number of hydrogen-bond acceptors (Lipinski definition) is 0. The maximum absolute atomic E-state index is 4.25. The van der Waals surface area contributed by atoms with Crippen LogP contribution in [0.5, 0.6) is 0 Å². The highest BCUT2D eigenvalue weighted by molar-refractivity contribution is 6.91. The molecule has 0 aromatic rings. The molecule has 0 saturated heterocycles. The first-order chi connectivity index (χ1) is 15.3. The predicted octanol–water partition coefficient (Wildman–Crippen LogP) is 10.6. The Morgan fingerprint density at radius 1 is 0.424 bits per heavy atom. The zero-order chi connectivity index (χ0) is 25.8. The van der Waals surface area contributed by atoms with Crippen LogP contribution in [0.15, 0.2) is 73.7 Å². The molecular formula is C30H56Si3. The first kappa shape index (κ1) is 32.1. The summed E-state index contributed by atoms with van der Waals surface area (Å²) in [6.45, 7) is 39.4. The van der Waals surface area contributed by atoms with Crippen LogP contribution in [-0.4, -0.2) is 24.2 Å². The molecule has 0 fully saturated rings. The van der Waals surface area contributed by atoms with Crippen LogP contribution in [0.3, 0.4) is 0 Å². The van der Waals surface area contributed by atoms with E-state index in [9.17, 15) is 0 Å². The molecule has 0 rings (SSSR count). The Hall–Kier alpha value is -0.909. The molecule has 0 nitrogen and oxygen atoms in total. The summed E-state index contributed by atoms with van der Waals surface area (Å²) >= 11 is 0. The van der Waals surface area contributed by atoms with Gasteiger partial charge in [0.25, 0.3) is 0 Å². The van der Waals surface area contributed by atoms with Crippen molar-refractivity contribution < 1.29 is 0 Å². The lowest BCUT2D eigenvalue weighted by Gasteiger charge is -2.38. The Labute approximate surface area is 211 Å². The van der Waals surface area contributed by atoms with E-state index in [0.29, 0.717) is 10.1 Å². The van der Waals surface area contributed by atoms with Crippen molar-refractivity contribution in [3.05, 3.63) is 73.7 Å². The Kier molecular flexibility index (Phi) is 13.5. The lowest BCUT2D eigenvalue weighted by atomic mass is 10.2. The maximum Gasteiger partial charge on any atom is 0.106 e. The molecule has 0 bridgehead atoms. The highest BCUT2D eigenvalue weighted by atomic mass is 28.3. The predicted molar refractivity (Wildman–Crippen MR) is 165 cm³/mol. The van der Waals surface area contributed by atoms with Crippen LogP contribution in [0.25, 0.3) is 0 Å². The van der Waals surface area contributed by atoms with Crippen LogP contribution in [0.4, 0.5) is 0 Å². The molecule has 0 spiro atoms. The second kappa shape index (κ2) is 13.8. The number of rotatable bonds is 18. The third-order valence-electron chi connectivity index (χ3n) is 8.53. The zero-order valence-corrected chi connectivity index (χ0v) is 26.3. The summed E-state index contributed by atoms with van der Waals surface area (Å²) in [7, 11) is -4.84. The van der Waals surface area contributed by atoms with Gasteiger partial charge in [-0.25, -0.2) is 0 Å². The van der Waals surface area contributed by atoms with Gasteiger partial charge in [0.05, 0.1) is 0 Å². The summed E-state index contributed by atoms with van der Waals surface area (Å²) in [5.74, 6) is 0. The minimum Gasteiger partial charge on any atom is -0.107 e. The monoisotopic (exact) mass is 500 g/mol. The van der Waals surface area contributed by atoms with Gasteiger partial charge in [-0.3, -0.25) is 0 Å². The summed E-state index contributed by atoms with van der Waals surface area (Å²) in [6.07, 6.45) is 7.73. The molecule has 0 heterocycles. The van der Waals surface area contributed by atoms with Gasteiger partial charge in [0.1, 0.15) is 24.2 Å². The Morgan fingerprint density at radius 3 is 0.909 bits per heavy atom.